The predicted octanol–water partition coefficient (Wildman–Crippen LogP) is 5.41. The van der Waals surface area contributed by atoms with E-state index in [1.54, 1.807) is 0 Å². The smallest absolute Gasteiger partial charge is 0.251 e. The van der Waals surface area contributed by atoms with E-state index in [0.717, 1.165) is 50.0 Å². The van der Waals surface area contributed by atoms with Crippen LogP contribution in [0, 0.1) is 6.92 Å². The van der Waals surface area contributed by atoms with Gasteiger partial charge < -0.3 is 10.2 Å². The molecule has 0 bridgehead atoms. The summed E-state index contributed by atoms with van der Waals surface area (Å²) in [5.74, 6) is 0.477. The van der Waals surface area contributed by atoms with Crippen LogP contribution < -0.4 is 5.32 Å². The Morgan fingerprint density at radius 3 is 2.00 bits per heavy atom. The van der Waals surface area contributed by atoms with Gasteiger partial charge in [-0.05, 0) is 55.5 Å². The summed E-state index contributed by atoms with van der Waals surface area (Å²) in [4.78, 5) is 15.2. The number of nitrogens with zero attached hydrogens (tertiary/aromatic N) is 1. The minimum atomic E-state index is 0.0600. The Balaban J connectivity index is 1.31. The van der Waals surface area contributed by atoms with E-state index < -0.39 is 0 Å². The molecule has 1 fully saturated rings. The Kier molecular flexibility index (Phi) is 7.16. The fraction of sp³-hybridized carbons (Fsp3) is 0.321. The Morgan fingerprint density at radius 1 is 0.871 bits per heavy atom. The SMILES string of the molecule is Cc1ccccc1C(=O)NC1CCN(CCC(c2ccccc2)c2ccccc2)CC1. The van der Waals surface area contributed by atoms with Gasteiger partial charge in [0.1, 0.15) is 0 Å². The van der Waals surface area contributed by atoms with Crippen molar-refractivity contribution in [2.45, 2.75) is 38.1 Å². The number of hydrogen-bond acceptors (Lipinski definition) is 2. The van der Waals surface area contributed by atoms with Gasteiger partial charge >= 0.3 is 0 Å². The Hall–Kier alpha value is -2.91. The molecule has 0 unspecified atom stereocenters. The first-order chi connectivity index (χ1) is 15.2. The number of hydrogen-bond donors (Lipinski definition) is 1. The molecule has 0 aromatic heterocycles. The van der Waals surface area contributed by atoms with E-state index in [1.165, 1.54) is 11.1 Å². The zero-order valence-corrected chi connectivity index (χ0v) is 18.3. The molecule has 1 aliphatic rings. The molecule has 0 atom stereocenters. The van der Waals surface area contributed by atoms with Gasteiger partial charge in [0.15, 0.2) is 0 Å². The van der Waals surface area contributed by atoms with Gasteiger partial charge in [0, 0.05) is 30.6 Å². The van der Waals surface area contributed by atoms with Crippen LogP contribution in [0.5, 0.6) is 0 Å². The van der Waals surface area contributed by atoms with E-state index in [4.69, 9.17) is 0 Å². The van der Waals surface area contributed by atoms with Gasteiger partial charge in [0.2, 0.25) is 0 Å². The van der Waals surface area contributed by atoms with E-state index in [9.17, 15) is 4.79 Å². The summed E-state index contributed by atoms with van der Waals surface area (Å²) in [5.41, 5.74) is 4.59. The molecule has 1 amide bonds. The lowest BCUT2D eigenvalue weighted by Gasteiger charge is -2.33. The van der Waals surface area contributed by atoms with Crippen molar-refractivity contribution in [1.82, 2.24) is 10.2 Å². The fourth-order valence-corrected chi connectivity index (χ4v) is 4.60. The molecule has 1 saturated heterocycles. The van der Waals surface area contributed by atoms with Crippen LogP contribution >= 0.6 is 0 Å². The summed E-state index contributed by atoms with van der Waals surface area (Å²) in [6.45, 7) is 5.14. The van der Waals surface area contributed by atoms with Crippen LogP contribution in [-0.4, -0.2) is 36.5 Å². The van der Waals surface area contributed by atoms with Crippen molar-refractivity contribution in [3.05, 3.63) is 107 Å². The number of rotatable bonds is 7. The van der Waals surface area contributed by atoms with Gasteiger partial charge in [-0.25, -0.2) is 0 Å². The van der Waals surface area contributed by atoms with Crippen LogP contribution in [0.4, 0.5) is 0 Å². The van der Waals surface area contributed by atoms with Crippen LogP contribution in [0.3, 0.4) is 0 Å². The third-order valence-electron chi connectivity index (χ3n) is 6.45. The number of benzene rings is 3. The number of amides is 1. The molecular formula is C28H32N2O. The minimum absolute atomic E-state index is 0.0600. The molecule has 0 spiro atoms. The van der Waals surface area contributed by atoms with Crippen LogP contribution in [-0.2, 0) is 0 Å². The molecule has 1 heterocycles. The lowest BCUT2D eigenvalue weighted by molar-refractivity contribution is 0.0910. The molecule has 0 saturated carbocycles. The third kappa shape index (κ3) is 5.62. The van der Waals surface area contributed by atoms with E-state index in [-0.39, 0.29) is 11.9 Å². The highest BCUT2D eigenvalue weighted by Gasteiger charge is 2.23. The lowest BCUT2D eigenvalue weighted by atomic mass is 9.88. The fourth-order valence-electron chi connectivity index (χ4n) is 4.60. The molecular weight excluding hydrogens is 380 g/mol. The maximum Gasteiger partial charge on any atom is 0.251 e. The topological polar surface area (TPSA) is 32.3 Å². The summed E-state index contributed by atoms with van der Waals surface area (Å²) in [6.07, 6.45) is 3.13. The van der Waals surface area contributed by atoms with Crippen molar-refractivity contribution in [2.24, 2.45) is 0 Å². The van der Waals surface area contributed by atoms with Gasteiger partial charge in [0.05, 0.1) is 0 Å². The Labute approximate surface area is 186 Å². The molecule has 3 heteroatoms. The zero-order chi connectivity index (χ0) is 21.5. The highest BCUT2D eigenvalue weighted by atomic mass is 16.1. The highest BCUT2D eigenvalue weighted by Crippen LogP contribution is 2.28. The number of carbonyl (C=O) groups is 1. The number of piperidine rings is 1. The van der Waals surface area contributed by atoms with Gasteiger partial charge in [-0.15, -0.1) is 0 Å². The van der Waals surface area contributed by atoms with Crippen molar-refractivity contribution in [3.63, 3.8) is 0 Å². The molecule has 160 valence electrons. The summed E-state index contributed by atoms with van der Waals surface area (Å²) in [7, 11) is 0. The van der Waals surface area contributed by atoms with Crippen molar-refractivity contribution in [1.29, 1.82) is 0 Å². The average Bonchev–Trinajstić information content (AvgIpc) is 2.82. The number of nitrogens with one attached hydrogen (secondary N) is 1. The van der Waals surface area contributed by atoms with Crippen molar-refractivity contribution in [3.8, 4) is 0 Å². The molecule has 4 rings (SSSR count). The molecule has 1 aliphatic heterocycles. The molecule has 3 aromatic carbocycles. The maximum atomic E-state index is 12.6. The first-order valence-electron chi connectivity index (χ1n) is 11.4. The number of likely N-dealkylation sites (tertiary alicyclic amines) is 1. The molecule has 3 aromatic rings. The monoisotopic (exact) mass is 412 g/mol. The van der Waals surface area contributed by atoms with E-state index in [0.29, 0.717) is 5.92 Å². The quantitative estimate of drug-likeness (QED) is 0.563. The lowest BCUT2D eigenvalue weighted by Crippen LogP contribution is -2.45. The second kappa shape index (κ2) is 10.4. The third-order valence-corrected chi connectivity index (χ3v) is 6.45. The van der Waals surface area contributed by atoms with E-state index in [2.05, 4.69) is 70.9 Å². The molecule has 0 aliphatic carbocycles. The van der Waals surface area contributed by atoms with Gasteiger partial charge in [-0.1, -0.05) is 78.9 Å². The van der Waals surface area contributed by atoms with E-state index >= 15 is 0 Å². The standard InChI is InChI=1S/C28H32N2O/c1-22-10-8-9-15-26(22)28(31)29-25-16-19-30(20-17-25)21-18-27(23-11-4-2-5-12-23)24-13-6-3-7-14-24/h2-15,25,27H,16-21H2,1H3,(H,29,31). The second-order valence-corrected chi connectivity index (χ2v) is 8.57. The van der Waals surface area contributed by atoms with Crippen molar-refractivity contribution >= 4 is 5.91 Å². The summed E-state index contributed by atoms with van der Waals surface area (Å²) in [5, 5.41) is 3.25. The molecule has 31 heavy (non-hydrogen) atoms. The summed E-state index contributed by atoms with van der Waals surface area (Å²) >= 11 is 0. The van der Waals surface area contributed by atoms with Crippen molar-refractivity contribution in [2.75, 3.05) is 19.6 Å². The van der Waals surface area contributed by atoms with Crippen LogP contribution in [0.2, 0.25) is 0 Å². The van der Waals surface area contributed by atoms with Crippen LogP contribution in [0.25, 0.3) is 0 Å². The molecule has 1 N–H and O–H groups in total. The highest BCUT2D eigenvalue weighted by molar-refractivity contribution is 5.95. The molecule has 0 radical (unpaired) electrons. The first-order valence-corrected chi connectivity index (χ1v) is 11.4. The number of aryl methyl sites for hydroxylation is 1. The summed E-state index contributed by atoms with van der Waals surface area (Å²) in [6, 6.07) is 29.7. The van der Waals surface area contributed by atoms with Gasteiger partial charge in [0.25, 0.3) is 5.91 Å². The predicted molar refractivity (Wildman–Crippen MR) is 127 cm³/mol. The van der Waals surface area contributed by atoms with Crippen LogP contribution in [0.15, 0.2) is 84.9 Å². The average molecular weight is 413 g/mol. The Bertz CT molecular complexity index is 923. The molecule has 3 nitrogen and oxygen atoms in total. The van der Waals surface area contributed by atoms with E-state index in [1.807, 2.05) is 31.2 Å². The maximum absolute atomic E-state index is 12.6. The normalized spacial score (nSPS) is 15.2. The zero-order valence-electron chi connectivity index (χ0n) is 18.3. The van der Waals surface area contributed by atoms with Crippen LogP contribution in [0.1, 0.15) is 52.2 Å². The summed E-state index contributed by atoms with van der Waals surface area (Å²) < 4.78 is 0. The largest absolute Gasteiger partial charge is 0.349 e. The Morgan fingerprint density at radius 2 is 1.42 bits per heavy atom. The minimum Gasteiger partial charge on any atom is -0.349 e. The van der Waals surface area contributed by atoms with Gasteiger partial charge in [-0.3, -0.25) is 4.79 Å². The first kappa shape index (κ1) is 21.3. The van der Waals surface area contributed by atoms with Crippen molar-refractivity contribution < 1.29 is 4.79 Å². The number of carbonyl (C=O) groups excluding carboxylic acids is 1. The second-order valence-electron chi connectivity index (χ2n) is 8.57. The van der Waals surface area contributed by atoms with Gasteiger partial charge in [-0.2, -0.15) is 0 Å².